The van der Waals surface area contributed by atoms with Crippen molar-refractivity contribution in [1.82, 2.24) is 4.31 Å². The molecular weight excluding hydrogens is 406 g/mol. The summed E-state index contributed by atoms with van der Waals surface area (Å²) in [6.07, 6.45) is 6.46. The van der Waals surface area contributed by atoms with Crippen molar-refractivity contribution in [2.75, 3.05) is 14.2 Å². The summed E-state index contributed by atoms with van der Waals surface area (Å²) in [6, 6.07) is 16.1. The maximum atomic E-state index is 14.0. The fraction of sp³-hybridized carbons (Fsp3) is 0.462. The molecule has 0 amide bonds. The van der Waals surface area contributed by atoms with Crippen molar-refractivity contribution in [3.63, 3.8) is 0 Å². The van der Waals surface area contributed by atoms with Gasteiger partial charge < -0.3 is 9.47 Å². The molecular formula is C26H35NO3S. The topological polar surface area (TPSA) is 38.8 Å². The van der Waals surface area contributed by atoms with Gasteiger partial charge in [-0.05, 0) is 66.5 Å². The van der Waals surface area contributed by atoms with Gasteiger partial charge in [0.1, 0.15) is 11.5 Å². The molecule has 0 aromatic heterocycles. The van der Waals surface area contributed by atoms with Crippen LogP contribution in [0.4, 0.5) is 0 Å². The van der Waals surface area contributed by atoms with Crippen molar-refractivity contribution in [3.8, 4) is 11.5 Å². The molecule has 168 valence electrons. The zero-order chi connectivity index (χ0) is 22.2. The molecule has 0 aliphatic heterocycles. The molecule has 0 spiro atoms. The molecule has 31 heavy (non-hydrogen) atoms. The first kappa shape index (κ1) is 23.6. The van der Waals surface area contributed by atoms with Gasteiger partial charge in [-0.1, -0.05) is 43.7 Å². The number of hydrogen-bond donors (Lipinski definition) is 0. The third-order valence-electron chi connectivity index (χ3n) is 6.24. The molecule has 5 heteroatoms. The molecule has 3 unspecified atom stereocenters. The first-order chi connectivity index (χ1) is 15.0. The summed E-state index contributed by atoms with van der Waals surface area (Å²) >= 11 is 0. The third-order valence-corrected chi connectivity index (χ3v) is 8.32. The van der Waals surface area contributed by atoms with Crippen LogP contribution in [0, 0.1) is 11.8 Å². The molecule has 4 nitrogen and oxygen atoms in total. The number of hydrogen-bond acceptors (Lipinski definition) is 3. The average molecular weight is 442 g/mol. The highest BCUT2D eigenvalue weighted by atomic mass is 32.2. The normalized spacial score (nSPS) is 16.9. The summed E-state index contributed by atoms with van der Waals surface area (Å²) in [7, 11) is 2.24. The molecule has 2 aromatic carbocycles. The van der Waals surface area contributed by atoms with Crippen LogP contribution in [-0.4, -0.2) is 28.0 Å². The number of rotatable bonds is 12. The molecule has 1 aliphatic rings. The maximum absolute atomic E-state index is 14.0. The second kappa shape index (κ2) is 11.5. The van der Waals surface area contributed by atoms with E-state index in [0.29, 0.717) is 24.9 Å². The smallest absolute Gasteiger partial charge is 0.118 e. The van der Waals surface area contributed by atoms with Crippen LogP contribution < -0.4 is 9.47 Å². The number of benzene rings is 2. The predicted molar refractivity (Wildman–Crippen MR) is 128 cm³/mol. The standard InChI is InChI=1S/C26H35NO3S/c1-5-7-20(2)26(23-8-6-9-23)31(28)27(18-21-10-14-24(29-3)15-11-21)19-22-12-16-25(30-4)17-13-22/h5,10-17,20,23,26H,1,6-9,18-19H2,2-4H3. The van der Waals surface area contributed by atoms with E-state index in [1.54, 1.807) is 14.2 Å². The van der Waals surface area contributed by atoms with Crippen LogP contribution in [0.25, 0.3) is 0 Å². The molecule has 2 aromatic rings. The van der Waals surface area contributed by atoms with Gasteiger partial charge in [0.05, 0.1) is 30.5 Å². The Morgan fingerprint density at radius 2 is 1.48 bits per heavy atom. The average Bonchev–Trinajstić information content (AvgIpc) is 2.76. The van der Waals surface area contributed by atoms with E-state index < -0.39 is 11.0 Å². The van der Waals surface area contributed by atoms with E-state index in [9.17, 15) is 4.21 Å². The Morgan fingerprint density at radius 1 is 1.00 bits per heavy atom. The number of methoxy groups -OCH3 is 2. The van der Waals surface area contributed by atoms with E-state index >= 15 is 0 Å². The van der Waals surface area contributed by atoms with Crippen LogP contribution in [-0.2, 0) is 24.1 Å². The van der Waals surface area contributed by atoms with E-state index in [4.69, 9.17) is 9.47 Å². The van der Waals surface area contributed by atoms with Crippen molar-refractivity contribution in [3.05, 3.63) is 72.3 Å². The SMILES string of the molecule is C=CCC(C)C(C1CCC1)S(=O)N(Cc1ccc(OC)cc1)Cc1ccc(OC)cc1. The highest BCUT2D eigenvalue weighted by Crippen LogP contribution is 2.38. The first-order valence-electron chi connectivity index (χ1n) is 11.1. The summed E-state index contributed by atoms with van der Waals surface area (Å²) in [6.45, 7) is 7.41. The molecule has 0 heterocycles. The molecule has 0 saturated heterocycles. The predicted octanol–water partition coefficient (Wildman–Crippen LogP) is 5.75. The third kappa shape index (κ3) is 6.20. The van der Waals surface area contributed by atoms with Gasteiger partial charge in [0.25, 0.3) is 0 Å². The largest absolute Gasteiger partial charge is 0.497 e. The Kier molecular flexibility index (Phi) is 8.73. The van der Waals surface area contributed by atoms with E-state index in [1.807, 2.05) is 30.3 Å². The monoisotopic (exact) mass is 441 g/mol. The minimum Gasteiger partial charge on any atom is -0.497 e. The van der Waals surface area contributed by atoms with E-state index in [1.165, 1.54) is 19.3 Å². The summed E-state index contributed by atoms with van der Waals surface area (Å²) in [5.41, 5.74) is 2.26. The van der Waals surface area contributed by atoms with Gasteiger partial charge in [-0.15, -0.1) is 6.58 Å². The van der Waals surface area contributed by atoms with Crippen LogP contribution in [0.2, 0.25) is 0 Å². The van der Waals surface area contributed by atoms with Crippen molar-refractivity contribution >= 4 is 11.0 Å². The van der Waals surface area contributed by atoms with Gasteiger partial charge in [0, 0.05) is 13.1 Å². The molecule has 0 radical (unpaired) electrons. The van der Waals surface area contributed by atoms with Gasteiger partial charge in [0.15, 0.2) is 0 Å². The Morgan fingerprint density at radius 3 is 1.84 bits per heavy atom. The molecule has 3 rings (SSSR count). The zero-order valence-corrected chi connectivity index (χ0v) is 19.8. The first-order valence-corrected chi connectivity index (χ1v) is 12.2. The molecule has 0 N–H and O–H groups in total. The molecule has 1 aliphatic carbocycles. The molecule has 3 atom stereocenters. The Bertz CT molecular complexity index is 796. The lowest BCUT2D eigenvalue weighted by molar-refractivity contribution is 0.256. The van der Waals surface area contributed by atoms with Crippen LogP contribution in [0.3, 0.4) is 0 Å². The second-order valence-electron chi connectivity index (χ2n) is 8.43. The molecule has 1 saturated carbocycles. The Labute approximate surface area is 189 Å². The van der Waals surface area contributed by atoms with Crippen LogP contribution >= 0.6 is 0 Å². The van der Waals surface area contributed by atoms with Gasteiger partial charge in [0.2, 0.25) is 0 Å². The highest BCUT2D eigenvalue weighted by molar-refractivity contribution is 7.83. The van der Waals surface area contributed by atoms with Crippen LogP contribution in [0.1, 0.15) is 43.7 Å². The summed E-state index contributed by atoms with van der Waals surface area (Å²) in [5.74, 6) is 2.54. The summed E-state index contributed by atoms with van der Waals surface area (Å²) in [4.78, 5) is 0. The highest BCUT2D eigenvalue weighted by Gasteiger charge is 2.37. The van der Waals surface area contributed by atoms with Crippen molar-refractivity contribution in [2.45, 2.75) is 50.9 Å². The van der Waals surface area contributed by atoms with Gasteiger partial charge in [-0.3, -0.25) is 0 Å². The lowest BCUT2D eigenvalue weighted by atomic mass is 9.78. The van der Waals surface area contributed by atoms with Gasteiger partial charge in [-0.25, -0.2) is 8.51 Å². The Hall–Kier alpha value is -2.11. The summed E-state index contributed by atoms with van der Waals surface area (Å²) < 4.78 is 26.7. The van der Waals surface area contributed by atoms with Crippen molar-refractivity contribution in [2.24, 2.45) is 11.8 Å². The summed E-state index contributed by atoms with van der Waals surface area (Å²) in [5, 5.41) is 0.156. The lowest BCUT2D eigenvalue weighted by Crippen LogP contribution is -2.42. The van der Waals surface area contributed by atoms with Gasteiger partial charge in [-0.2, -0.15) is 0 Å². The van der Waals surface area contributed by atoms with E-state index in [0.717, 1.165) is 29.0 Å². The Balaban J connectivity index is 1.85. The quantitative estimate of drug-likeness (QED) is 0.394. The minimum atomic E-state index is -1.10. The lowest BCUT2D eigenvalue weighted by Gasteiger charge is -2.39. The minimum absolute atomic E-state index is 0.156. The van der Waals surface area contributed by atoms with Crippen molar-refractivity contribution < 1.29 is 13.7 Å². The van der Waals surface area contributed by atoms with E-state index in [2.05, 4.69) is 42.1 Å². The second-order valence-corrected chi connectivity index (χ2v) is 10.0. The fourth-order valence-electron chi connectivity index (χ4n) is 4.22. The number of allylic oxidation sites excluding steroid dienone is 1. The zero-order valence-electron chi connectivity index (χ0n) is 19.0. The maximum Gasteiger partial charge on any atom is 0.118 e. The molecule has 0 bridgehead atoms. The number of ether oxygens (including phenoxy) is 2. The fourth-order valence-corrected chi connectivity index (χ4v) is 6.22. The number of nitrogens with zero attached hydrogens (tertiary/aromatic N) is 1. The van der Waals surface area contributed by atoms with Gasteiger partial charge >= 0.3 is 0 Å². The van der Waals surface area contributed by atoms with E-state index in [-0.39, 0.29) is 5.25 Å². The molecule has 1 fully saturated rings. The van der Waals surface area contributed by atoms with Crippen LogP contribution in [0.5, 0.6) is 11.5 Å². The van der Waals surface area contributed by atoms with Crippen molar-refractivity contribution in [1.29, 1.82) is 0 Å². The van der Waals surface area contributed by atoms with Crippen LogP contribution in [0.15, 0.2) is 61.2 Å².